The first-order valence-corrected chi connectivity index (χ1v) is 11.5. The number of hydrogen-bond acceptors (Lipinski definition) is 9. The number of anilines is 3. The molecular weight excluding hydrogens is 418 g/mol. The van der Waals surface area contributed by atoms with E-state index in [1.54, 1.807) is 36.0 Å². The third kappa shape index (κ3) is 4.01. The van der Waals surface area contributed by atoms with E-state index in [4.69, 9.17) is 0 Å². The Labute approximate surface area is 168 Å². The SMILES string of the molecule is CS(=O)(=O)c1ccc2nc(NC(=O)c3csc(Nc4cccnc4)n3)sc2c1. The minimum Gasteiger partial charge on any atom is -0.330 e. The predicted molar refractivity (Wildman–Crippen MR) is 110 cm³/mol. The number of nitrogens with one attached hydrogen (secondary N) is 2. The van der Waals surface area contributed by atoms with Crippen molar-refractivity contribution >= 4 is 64.6 Å². The maximum Gasteiger partial charge on any atom is 0.276 e. The highest BCUT2D eigenvalue weighted by Crippen LogP contribution is 2.29. The van der Waals surface area contributed by atoms with E-state index < -0.39 is 15.7 Å². The molecule has 11 heteroatoms. The molecule has 1 aromatic carbocycles. The number of hydrogen-bond donors (Lipinski definition) is 2. The Bertz CT molecular complexity index is 1270. The van der Waals surface area contributed by atoms with Crippen LogP contribution in [0.25, 0.3) is 10.2 Å². The summed E-state index contributed by atoms with van der Waals surface area (Å²) in [6.07, 6.45) is 4.48. The summed E-state index contributed by atoms with van der Waals surface area (Å²) in [4.78, 5) is 25.3. The van der Waals surface area contributed by atoms with Crippen molar-refractivity contribution in [1.82, 2.24) is 15.0 Å². The Balaban J connectivity index is 1.50. The Kier molecular flexibility index (Phi) is 4.79. The summed E-state index contributed by atoms with van der Waals surface area (Å²) in [5, 5.41) is 8.37. The highest BCUT2D eigenvalue weighted by atomic mass is 32.2. The molecule has 0 aliphatic heterocycles. The lowest BCUT2D eigenvalue weighted by Gasteiger charge is -2.00. The van der Waals surface area contributed by atoms with Crippen LogP contribution in [0.15, 0.2) is 53.0 Å². The molecule has 4 aromatic rings. The van der Waals surface area contributed by atoms with E-state index in [0.29, 0.717) is 20.5 Å². The van der Waals surface area contributed by atoms with Gasteiger partial charge in [0.2, 0.25) is 0 Å². The normalized spacial score (nSPS) is 11.5. The Morgan fingerprint density at radius 1 is 1.14 bits per heavy atom. The van der Waals surface area contributed by atoms with E-state index in [0.717, 1.165) is 11.9 Å². The van der Waals surface area contributed by atoms with Gasteiger partial charge < -0.3 is 5.32 Å². The number of carbonyl (C=O) groups excluding carboxylic acids is 1. The quantitative estimate of drug-likeness (QED) is 0.497. The molecule has 0 fully saturated rings. The minimum atomic E-state index is -3.30. The second kappa shape index (κ2) is 7.26. The van der Waals surface area contributed by atoms with E-state index >= 15 is 0 Å². The first-order valence-electron chi connectivity index (χ1n) is 7.93. The third-order valence-corrected chi connectivity index (χ3v) is 6.46. The molecule has 8 nitrogen and oxygen atoms in total. The highest BCUT2D eigenvalue weighted by Gasteiger charge is 2.15. The molecule has 0 saturated heterocycles. The molecule has 0 unspecified atom stereocenters. The lowest BCUT2D eigenvalue weighted by Crippen LogP contribution is -2.12. The van der Waals surface area contributed by atoms with Crippen LogP contribution in [-0.2, 0) is 9.84 Å². The van der Waals surface area contributed by atoms with Crippen molar-refractivity contribution in [2.45, 2.75) is 4.90 Å². The van der Waals surface area contributed by atoms with Gasteiger partial charge in [0, 0.05) is 17.8 Å². The second-order valence-electron chi connectivity index (χ2n) is 5.78. The number of nitrogens with zero attached hydrogens (tertiary/aromatic N) is 3. The van der Waals surface area contributed by atoms with Gasteiger partial charge >= 0.3 is 0 Å². The van der Waals surface area contributed by atoms with Crippen LogP contribution in [0, 0.1) is 0 Å². The summed E-state index contributed by atoms with van der Waals surface area (Å²) in [5.41, 5.74) is 1.65. The van der Waals surface area contributed by atoms with E-state index in [2.05, 4.69) is 25.6 Å². The van der Waals surface area contributed by atoms with Crippen molar-refractivity contribution in [3.8, 4) is 0 Å². The molecule has 2 N–H and O–H groups in total. The van der Waals surface area contributed by atoms with E-state index in [9.17, 15) is 13.2 Å². The highest BCUT2D eigenvalue weighted by molar-refractivity contribution is 7.90. The smallest absolute Gasteiger partial charge is 0.276 e. The first kappa shape index (κ1) is 18.5. The molecule has 0 aliphatic carbocycles. The number of carbonyl (C=O) groups is 1. The maximum absolute atomic E-state index is 12.4. The van der Waals surface area contributed by atoms with Gasteiger partial charge in [-0.15, -0.1) is 11.3 Å². The summed E-state index contributed by atoms with van der Waals surface area (Å²) in [7, 11) is -3.30. The predicted octanol–water partition coefficient (Wildman–Crippen LogP) is 3.55. The average Bonchev–Trinajstić information content (AvgIpc) is 3.27. The van der Waals surface area contributed by atoms with Crippen LogP contribution < -0.4 is 10.6 Å². The van der Waals surface area contributed by atoms with Gasteiger partial charge in [-0.3, -0.25) is 15.1 Å². The number of rotatable bonds is 5. The summed E-state index contributed by atoms with van der Waals surface area (Å²) in [5.74, 6) is -0.391. The molecule has 3 aromatic heterocycles. The van der Waals surface area contributed by atoms with Gasteiger partial charge in [0.15, 0.2) is 20.1 Å². The zero-order valence-electron chi connectivity index (χ0n) is 14.4. The van der Waals surface area contributed by atoms with Gasteiger partial charge in [0.1, 0.15) is 5.69 Å². The van der Waals surface area contributed by atoms with E-state index in [-0.39, 0.29) is 10.6 Å². The molecule has 142 valence electrons. The molecule has 1 amide bonds. The molecular formula is C17H13N5O3S3. The van der Waals surface area contributed by atoms with E-state index in [1.165, 1.54) is 28.7 Å². The minimum absolute atomic E-state index is 0.215. The maximum atomic E-state index is 12.4. The summed E-state index contributed by atoms with van der Waals surface area (Å²) >= 11 is 2.50. The van der Waals surface area contributed by atoms with Crippen molar-refractivity contribution in [2.75, 3.05) is 16.9 Å². The summed E-state index contributed by atoms with van der Waals surface area (Å²) < 4.78 is 24.0. The largest absolute Gasteiger partial charge is 0.330 e. The van der Waals surface area contributed by atoms with Gasteiger partial charge in [-0.1, -0.05) is 11.3 Å². The van der Waals surface area contributed by atoms with Gasteiger partial charge in [-0.25, -0.2) is 18.4 Å². The van der Waals surface area contributed by atoms with Gasteiger partial charge in [0.05, 0.1) is 27.0 Å². The number of benzene rings is 1. The van der Waals surface area contributed by atoms with Crippen LogP contribution >= 0.6 is 22.7 Å². The summed E-state index contributed by atoms with van der Waals surface area (Å²) in [6, 6.07) is 8.32. The number of thiazole rings is 2. The zero-order chi connectivity index (χ0) is 19.7. The van der Waals surface area contributed by atoms with Crippen LogP contribution in [0.3, 0.4) is 0 Å². The molecule has 0 spiro atoms. The van der Waals surface area contributed by atoms with Crippen LogP contribution in [0.1, 0.15) is 10.5 Å². The second-order valence-corrected chi connectivity index (χ2v) is 9.68. The number of pyridine rings is 1. The third-order valence-electron chi connectivity index (χ3n) is 3.66. The zero-order valence-corrected chi connectivity index (χ0v) is 16.9. The fourth-order valence-electron chi connectivity index (χ4n) is 2.35. The standard InChI is InChI=1S/C17H13N5O3S3/c1-28(24,25)11-4-5-12-14(7-11)27-17(20-12)22-15(23)13-9-26-16(21-13)19-10-3-2-6-18-8-10/h2-9H,1H3,(H,19,21)(H,20,22,23). The molecule has 0 aliphatic rings. The van der Waals surface area contributed by atoms with Crippen molar-refractivity contribution in [3.05, 3.63) is 53.8 Å². The van der Waals surface area contributed by atoms with Crippen molar-refractivity contribution in [1.29, 1.82) is 0 Å². The molecule has 0 atom stereocenters. The number of aromatic nitrogens is 3. The van der Waals surface area contributed by atoms with E-state index in [1.807, 2.05) is 6.07 Å². The Hall–Kier alpha value is -2.89. The molecule has 4 rings (SSSR count). The number of sulfone groups is 1. The lowest BCUT2D eigenvalue weighted by molar-refractivity contribution is 0.102. The Morgan fingerprint density at radius 3 is 2.75 bits per heavy atom. The molecule has 0 saturated carbocycles. The van der Waals surface area contributed by atoms with Gasteiger partial charge in [0.25, 0.3) is 5.91 Å². The van der Waals surface area contributed by atoms with Crippen LogP contribution in [0.4, 0.5) is 16.0 Å². The fraction of sp³-hybridized carbons (Fsp3) is 0.0588. The fourth-order valence-corrected chi connectivity index (χ4v) is 4.68. The van der Waals surface area contributed by atoms with Crippen molar-refractivity contribution in [2.24, 2.45) is 0 Å². The molecule has 0 bridgehead atoms. The number of amides is 1. The number of fused-ring (bicyclic) bond motifs is 1. The molecule has 3 heterocycles. The van der Waals surface area contributed by atoms with Crippen LogP contribution in [0.5, 0.6) is 0 Å². The molecule has 0 radical (unpaired) electrons. The Morgan fingerprint density at radius 2 is 2.00 bits per heavy atom. The van der Waals surface area contributed by atoms with Crippen LogP contribution in [0.2, 0.25) is 0 Å². The lowest BCUT2D eigenvalue weighted by atomic mass is 10.3. The summed E-state index contributed by atoms with van der Waals surface area (Å²) in [6.45, 7) is 0. The van der Waals surface area contributed by atoms with Crippen molar-refractivity contribution in [3.63, 3.8) is 0 Å². The van der Waals surface area contributed by atoms with Crippen LogP contribution in [-0.4, -0.2) is 35.5 Å². The first-order chi connectivity index (χ1) is 13.4. The molecule has 28 heavy (non-hydrogen) atoms. The van der Waals surface area contributed by atoms with Gasteiger partial charge in [-0.05, 0) is 30.3 Å². The van der Waals surface area contributed by atoms with Crippen molar-refractivity contribution < 1.29 is 13.2 Å². The topological polar surface area (TPSA) is 114 Å². The monoisotopic (exact) mass is 431 g/mol. The average molecular weight is 432 g/mol. The van der Waals surface area contributed by atoms with Gasteiger partial charge in [-0.2, -0.15) is 0 Å².